The first-order valence-electron chi connectivity index (χ1n) is 3.11. The van der Waals surface area contributed by atoms with Crippen molar-refractivity contribution >= 4 is 37.5 Å². The van der Waals surface area contributed by atoms with Crippen molar-refractivity contribution in [2.24, 2.45) is 0 Å². The number of halogens is 2. The van der Waals surface area contributed by atoms with E-state index in [-0.39, 0.29) is 17.9 Å². The fourth-order valence-corrected chi connectivity index (χ4v) is 0.842. The molecule has 9 heavy (non-hydrogen) atoms. The predicted molar refractivity (Wildman–Crippen MR) is 44.0 cm³/mol. The van der Waals surface area contributed by atoms with Gasteiger partial charge < -0.3 is 5.73 Å². The fourth-order valence-electron chi connectivity index (χ4n) is 0.352. The first-order valence-corrected chi connectivity index (χ1v) is 3.70. The summed E-state index contributed by atoms with van der Waals surface area (Å²) >= 11 is 6.06. The van der Waals surface area contributed by atoms with Crippen LogP contribution in [-0.2, 0) is 0 Å². The highest BCUT2D eigenvalue weighted by Crippen LogP contribution is 2.20. The van der Waals surface area contributed by atoms with Crippen LogP contribution in [0.2, 0.25) is 0 Å². The molecule has 4 heteroatoms. The molecule has 0 aromatic carbocycles. The number of nitrogen functional groups attached to an aromatic ring is 1. The molecular formula is C5H4Br2N2. The van der Waals surface area contributed by atoms with Gasteiger partial charge in [-0.2, -0.15) is 0 Å². The zero-order valence-corrected chi connectivity index (χ0v) is 7.45. The molecule has 1 aromatic rings. The molecule has 1 heterocycles. The molecule has 0 spiro atoms. The van der Waals surface area contributed by atoms with E-state index in [1.54, 1.807) is 0 Å². The molecule has 0 saturated heterocycles. The normalized spacial score (nSPS) is 12.7. The van der Waals surface area contributed by atoms with Crippen LogP contribution in [0.1, 0.15) is 2.74 Å². The summed E-state index contributed by atoms with van der Waals surface area (Å²) in [5.41, 5.74) is 5.69. The molecule has 2 nitrogen and oxygen atoms in total. The summed E-state index contributed by atoms with van der Waals surface area (Å²) in [6.07, 6.45) is 0.0328. The Morgan fingerprint density at radius 1 is 1.67 bits per heavy atom. The van der Waals surface area contributed by atoms with Crippen LogP contribution in [0.3, 0.4) is 0 Å². The van der Waals surface area contributed by atoms with E-state index in [4.69, 9.17) is 8.48 Å². The lowest BCUT2D eigenvalue weighted by Crippen LogP contribution is -1.87. The largest absolute Gasteiger partial charge is 0.398 e. The fraction of sp³-hybridized carbons (Fsp3) is 0. The maximum absolute atomic E-state index is 7.33. The second kappa shape index (κ2) is 2.66. The summed E-state index contributed by atoms with van der Waals surface area (Å²) in [5, 5.41) is 0. The van der Waals surface area contributed by atoms with Crippen molar-refractivity contribution < 1.29 is 2.74 Å². The summed E-state index contributed by atoms with van der Waals surface area (Å²) in [4.78, 5) is 3.70. The van der Waals surface area contributed by atoms with Gasteiger partial charge in [-0.25, -0.2) is 4.98 Å². The van der Waals surface area contributed by atoms with E-state index in [2.05, 4.69) is 36.8 Å². The Kier molecular flexibility index (Phi) is 1.39. The Hall–Kier alpha value is -0.0900. The van der Waals surface area contributed by atoms with Crippen LogP contribution in [0.5, 0.6) is 0 Å². The Labute approximate surface area is 72.5 Å². The Bertz CT molecular complexity index is 277. The van der Waals surface area contributed by atoms with Gasteiger partial charge in [0.05, 0.1) is 12.9 Å². The van der Waals surface area contributed by atoms with Crippen LogP contribution >= 0.6 is 31.9 Å². The second-order valence-corrected chi connectivity index (χ2v) is 2.91. The van der Waals surface area contributed by atoms with Crippen molar-refractivity contribution in [3.63, 3.8) is 0 Å². The van der Waals surface area contributed by atoms with Crippen molar-refractivity contribution in [3.8, 4) is 0 Å². The molecule has 0 radical (unpaired) electrons. The first kappa shape index (κ1) is 4.68. The highest BCUT2D eigenvalue weighted by atomic mass is 79.9. The number of aromatic nitrogens is 1. The minimum absolute atomic E-state index is 0.0328. The summed E-state index contributed by atoms with van der Waals surface area (Å²) in [7, 11) is 0. The Balaban J connectivity index is 3.46. The molecule has 0 bridgehead atoms. The van der Waals surface area contributed by atoms with Crippen LogP contribution in [-0.4, -0.2) is 4.98 Å². The highest BCUT2D eigenvalue weighted by Gasteiger charge is 1.94. The zero-order chi connectivity index (χ0) is 8.59. The molecule has 0 aliphatic heterocycles. The molecule has 1 rings (SSSR count). The van der Waals surface area contributed by atoms with E-state index in [0.717, 1.165) is 0 Å². The van der Waals surface area contributed by atoms with Crippen LogP contribution < -0.4 is 5.73 Å². The van der Waals surface area contributed by atoms with Crippen molar-refractivity contribution in [1.29, 1.82) is 0 Å². The van der Waals surface area contributed by atoms with Gasteiger partial charge in [0, 0.05) is 6.17 Å². The van der Waals surface area contributed by atoms with Gasteiger partial charge in [0.2, 0.25) is 0 Å². The molecule has 0 aliphatic carbocycles. The van der Waals surface area contributed by atoms with E-state index in [9.17, 15) is 0 Å². The lowest BCUT2D eigenvalue weighted by Gasteiger charge is -1.94. The number of hydrogen-bond donors (Lipinski definition) is 1. The maximum atomic E-state index is 7.33. The number of pyridine rings is 1. The molecule has 0 fully saturated rings. The van der Waals surface area contributed by atoms with Crippen molar-refractivity contribution in [2.75, 3.05) is 5.73 Å². The van der Waals surface area contributed by atoms with Crippen molar-refractivity contribution in [1.82, 2.24) is 4.98 Å². The van der Waals surface area contributed by atoms with Gasteiger partial charge >= 0.3 is 0 Å². The molecule has 0 aliphatic rings. The summed E-state index contributed by atoms with van der Waals surface area (Å²) in [5.74, 6) is 0. The van der Waals surface area contributed by atoms with Crippen molar-refractivity contribution in [3.05, 3.63) is 21.3 Å². The average Bonchev–Trinajstić information content (AvgIpc) is 1.97. The summed E-state index contributed by atoms with van der Waals surface area (Å²) in [6, 6.07) is 0.105. The Morgan fingerprint density at radius 2 is 2.33 bits per heavy atom. The van der Waals surface area contributed by atoms with Gasteiger partial charge in [0.15, 0.2) is 0 Å². The molecule has 2 N–H and O–H groups in total. The maximum Gasteiger partial charge on any atom is 0.108 e. The molecule has 0 saturated carbocycles. The standard InChI is InChI=1S/C5H4Br2N2/c6-3-2-9-5(7)1-4(3)8/h1-2H,(H2,8,9)/i1D,2D. The van der Waals surface area contributed by atoms with E-state index >= 15 is 0 Å². The zero-order valence-electron chi connectivity index (χ0n) is 6.28. The Morgan fingerprint density at radius 3 is 3.00 bits per heavy atom. The van der Waals surface area contributed by atoms with Gasteiger partial charge in [0.1, 0.15) is 4.60 Å². The molecule has 48 valence electrons. The van der Waals surface area contributed by atoms with Gasteiger partial charge in [-0.05, 0) is 37.9 Å². The van der Waals surface area contributed by atoms with Crippen LogP contribution in [0.15, 0.2) is 21.3 Å². The average molecular weight is 254 g/mol. The molecule has 0 unspecified atom stereocenters. The number of hydrogen-bond acceptors (Lipinski definition) is 2. The minimum atomic E-state index is 0.0328. The van der Waals surface area contributed by atoms with Gasteiger partial charge in [0.25, 0.3) is 0 Å². The molecular weight excluding hydrogens is 248 g/mol. The van der Waals surface area contributed by atoms with E-state index < -0.39 is 0 Å². The lowest BCUT2D eigenvalue weighted by atomic mass is 10.4. The van der Waals surface area contributed by atoms with Crippen LogP contribution in [0.25, 0.3) is 0 Å². The topological polar surface area (TPSA) is 38.9 Å². The quantitative estimate of drug-likeness (QED) is 0.720. The van der Waals surface area contributed by atoms with Crippen LogP contribution in [0.4, 0.5) is 5.69 Å². The third-order valence-electron chi connectivity index (χ3n) is 0.727. The number of nitrogens with zero attached hydrogens (tertiary/aromatic N) is 1. The predicted octanol–water partition coefficient (Wildman–Crippen LogP) is 2.19. The number of nitrogens with two attached hydrogens (primary N) is 1. The molecule has 0 atom stereocenters. The first-order chi connectivity index (χ1) is 5.04. The third-order valence-corrected chi connectivity index (χ3v) is 1.71. The smallest absolute Gasteiger partial charge is 0.108 e. The number of rotatable bonds is 0. The highest BCUT2D eigenvalue weighted by molar-refractivity contribution is 9.11. The lowest BCUT2D eigenvalue weighted by molar-refractivity contribution is 1.26. The van der Waals surface area contributed by atoms with Crippen LogP contribution in [0, 0.1) is 0 Å². The van der Waals surface area contributed by atoms with Gasteiger partial charge in [-0.1, -0.05) is 0 Å². The van der Waals surface area contributed by atoms with E-state index in [0.29, 0.717) is 9.08 Å². The van der Waals surface area contributed by atoms with E-state index in [1.165, 1.54) is 0 Å². The van der Waals surface area contributed by atoms with Gasteiger partial charge in [-0.15, -0.1) is 0 Å². The van der Waals surface area contributed by atoms with Crippen molar-refractivity contribution in [2.45, 2.75) is 0 Å². The van der Waals surface area contributed by atoms with E-state index in [1.807, 2.05) is 0 Å². The SMILES string of the molecule is [2H]c1nc(Br)c([2H])c(N)c1Br. The molecule has 1 aromatic heterocycles. The minimum Gasteiger partial charge on any atom is -0.398 e. The number of anilines is 1. The third kappa shape index (κ3) is 1.66. The monoisotopic (exact) mass is 252 g/mol. The summed E-state index contributed by atoms with van der Waals surface area (Å²) in [6.45, 7) is 0. The second-order valence-electron chi connectivity index (χ2n) is 1.37. The summed E-state index contributed by atoms with van der Waals surface area (Å²) < 4.78 is 15.2. The van der Waals surface area contributed by atoms with Gasteiger partial charge in [-0.3, -0.25) is 0 Å². The molecule has 0 amide bonds.